The fourth-order valence-corrected chi connectivity index (χ4v) is 4.50. The predicted octanol–water partition coefficient (Wildman–Crippen LogP) is 5.75. The number of amides is 1. The van der Waals surface area contributed by atoms with Crippen LogP contribution in [0.25, 0.3) is 0 Å². The topological polar surface area (TPSA) is 101 Å². The largest absolute Gasteiger partial charge is 0.326 e. The third-order valence-electron chi connectivity index (χ3n) is 5.16. The van der Waals surface area contributed by atoms with Crippen LogP contribution in [0.2, 0.25) is 0 Å². The second-order valence-corrected chi connectivity index (χ2v) is 9.88. The highest BCUT2D eigenvalue weighted by molar-refractivity contribution is 7.92. The number of rotatable bonds is 14. The smallest absolute Gasteiger partial charge is 0.263 e. The molecule has 0 saturated carbocycles. The summed E-state index contributed by atoms with van der Waals surface area (Å²) in [5.74, 6) is 0.676. The average molecular weight is 461 g/mol. The lowest BCUT2D eigenvalue weighted by molar-refractivity contribution is -0.116. The molecule has 0 bridgehead atoms. The number of unbranched alkanes of at least 4 members (excludes halogenated alkanes) is 8. The molecule has 2 aromatic rings. The third-order valence-corrected chi connectivity index (χ3v) is 6.53. The number of anilines is 2. The van der Waals surface area contributed by atoms with Gasteiger partial charge in [-0.25, -0.2) is 18.4 Å². The molecule has 0 fully saturated rings. The van der Waals surface area contributed by atoms with Gasteiger partial charge in [0.2, 0.25) is 5.91 Å². The Labute approximate surface area is 192 Å². The summed E-state index contributed by atoms with van der Waals surface area (Å²) in [5.41, 5.74) is 1.26. The number of benzene rings is 1. The van der Waals surface area contributed by atoms with E-state index in [0.717, 1.165) is 12.8 Å². The molecular weight excluding hydrogens is 424 g/mol. The number of sulfonamides is 1. The first kappa shape index (κ1) is 25.8. The molecule has 1 aromatic heterocycles. The van der Waals surface area contributed by atoms with Crippen LogP contribution in [0.5, 0.6) is 0 Å². The van der Waals surface area contributed by atoms with Gasteiger partial charge in [0, 0.05) is 23.9 Å². The Bertz CT molecular complexity index is 939. The number of carbonyl (C=O) groups is 1. The van der Waals surface area contributed by atoms with Gasteiger partial charge in [-0.1, -0.05) is 58.3 Å². The summed E-state index contributed by atoms with van der Waals surface area (Å²) in [7, 11) is -3.78. The van der Waals surface area contributed by atoms with Gasteiger partial charge >= 0.3 is 0 Å². The molecule has 8 heteroatoms. The van der Waals surface area contributed by atoms with Gasteiger partial charge < -0.3 is 5.32 Å². The Morgan fingerprint density at radius 1 is 0.875 bits per heavy atom. The van der Waals surface area contributed by atoms with E-state index in [9.17, 15) is 13.2 Å². The molecule has 0 saturated heterocycles. The van der Waals surface area contributed by atoms with Crippen LogP contribution in [0.15, 0.2) is 35.2 Å². The van der Waals surface area contributed by atoms with Crippen LogP contribution in [-0.4, -0.2) is 24.3 Å². The summed E-state index contributed by atoms with van der Waals surface area (Å²) in [5, 5.41) is 2.84. The average Bonchev–Trinajstić information content (AvgIpc) is 2.72. The summed E-state index contributed by atoms with van der Waals surface area (Å²) in [6.07, 6.45) is 11.3. The van der Waals surface area contributed by atoms with Crippen molar-refractivity contribution < 1.29 is 13.2 Å². The summed E-state index contributed by atoms with van der Waals surface area (Å²) < 4.78 is 27.7. The van der Waals surface area contributed by atoms with Crippen molar-refractivity contribution in [3.8, 4) is 0 Å². The van der Waals surface area contributed by atoms with E-state index < -0.39 is 10.0 Å². The fourth-order valence-electron chi connectivity index (χ4n) is 3.50. The first-order valence-corrected chi connectivity index (χ1v) is 13.0. The Balaban J connectivity index is 1.75. The minimum Gasteiger partial charge on any atom is -0.326 e. The summed E-state index contributed by atoms with van der Waals surface area (Å²) >= 11 is 0. The second kappa shape index (κ2) is 13.2. The van der Waals surface area contributed by atoms with Crippen LogP contribution in [0, 0.1) is 13.8 Å². The third kappa shape index (κ3) is 9.34. The Morgan fingerprint density at radius 3 is 2.06 bits per heavy atom. The molecule has 2 rings (SSSR count). The van der Waals surface area contributed by atoms with Crippen molar-refractivity contribution in [2.45, 2.75) is 89.9 Å². The van der Waals surface area contributed by atoms with Gasteiger partial charge in [0.25, 0.3) is 10.0 Å². The zero-order valence-corrected chi connectivity index (χ0v) is 20.3. The van der Waals surface area contributed by atoms with Gasteiger partial charge in [0.15, 0.2) is 0 Å². The number of carbonyl (C=O) groups excluding carboxylic acids is 1. The zero-order valence-electron chi connectivity index (χ0n) is 19.5. The van der Waals surface area contributed by atoms with Gasteiger partial charge in [0.1, 0.15) is 11.6 Å². The van der Waals surface area contributed by atoms with Crippen molar-refractivity contribution in [2.75, 3.05) is 10.0 Å². The number of hydrogen-bond acceptors (Lipinski definition) is 5. The molecule has 2 N–H and O–H groups in total. The van der Waals surface area contributed by atoms with Crippen molar-refractivity contribution in [1.82, 2.24) is 9.97 Å². The zero-order chi connectivity index (χ0) is 23.4. The van der Waals surface area contributed by atoms with Crippen LogP contribution in [0.3, 0.4) is 0 Å². The molecular formula is C24H36N4O3S. The molecule has 0 aliphatic rings. The second-order valence-electron chi connectivity index (χ2n) is 8.20. The maximum absolute atomic E-state index is 12.6. The summed E-state index contributed by atoms with van der Waals surface area (Å²) in [6.45, 7) is 5.71. The minimum atomic E-state index is -3.78. The highest BCUT2D eigenvalue weighted by Gasteiger charge is 2.15. The van der Waals surface area contributed by atoms with Gasteiger partial charge in [-0.05, 0) is 44.5 Å². The molecule has 1 amide bonds. The van der Waals surface area contributed by atoms with Crippen molar-refractivity contribution >= 4 is 27.4 Å². The predicted molar refractivity (Wildman–Crippen MR) is 129 cm³/mol. The number of aryl methyl sites for hydroxylation is 2. The Morgan fingerprint density at radius 2 is 1.47 bits per heavy atom. The van der Waals surface area contributed by atoms with Crippen LogP contribution in [0.1, 0.15) is 82.7 Å². The molecule has 1 heterocycles. The van der Waals surface area contributed by atoms with E-state index in [1.54, 1.807) is 32.0 Å². The molecule has 0 unspecified atom stereocenters. The van der Waals surface area contributed by atoms with Gasteiger partial charge in [-0.15, -0.1) is 0 Å². The molecule has 0 spiro atoms. The van der Waals surface area contributed by atoms with Crippen LogP contribution in [-0.2, 0) is 14.8 Å². The quantitative estimate of drug-likeness (QED) is 0.349. The van der Waals surface area contributed by atoms with E-state index >= 15 is 0 Å². The Kier molecular flexibility index (Phi) is 10.6. The molecule has 7 nitrogen and oxygen atoms in total. The van der Waals surface area contributed by atoms with Crippen LogP contribution >= 0.6 is 0 Å². The van der Waals surface area contributed by atoms with E-state index in [1.807, 2.05) is 0 Å². The maximum Gasteiger partial charge on any atom is 0.263 e. The van der Waals surface area contributed by atoms with Gasteiger partial charge in [-0.3, -0.25) is 9.52 Å². The lowest BCUT2D eigenvalue weighted by Crippen LogP contribution is -2.15. The number of aromatic nitrogens is 2. The molecule has 32 heavy (non-hydrogen) atoms. The van der Waals surface area contributed by atoms with Gasteiger partial charge in [0.05, 0.1) is 4.90 Å². The number of hydrogen-bond donors (Lipinski definition) is 2. The summed E-state index contributed by atoms with van der Waals surface area (Å²) in [6, 6.07) is 7.71. The van der Waals surface area contributed by atoms with Crippen LogP contribution in [0.4, 0.5) is 11.5 Å². The highest BCUT2D eigenvalue weighted by atomic mass is 32.2. The van der Waals surface area contributed by atoms with Gasteiger partial charge in [-0.2, -0.15) is 0 Å². The summed E-state index contributed by atoms with van der Waals surface area (Å²) in [4.78, 5) is 20.5. The van der Waals surface area contributed by atoms with E-state index in [2.05, 4.69) is 26.9 Å². The van der Waals surface area contributed by atoms with Crippen molar-refractivity contribution in [3.05, 3.63) is 41.9 Å². The van der Waals surface area contributed by atoms with E-state index in [0.29, 0.717) is 23.6 Å². The van der Waals surface area contributed by atoms with Crippen LogP contribution < -0.4 is 10.0 Å². The first-order chi connectivity index (χ1) is 15.3. The number of nitrogens with one attached hydrogen (secondary N) is 2. The standard InChI is InChI=1S/C24H36N4O3S/c1-4-5-6-7-8-9-10-11-12-13-24(29)27-21-14-16-22(17-15-21)32(30,31)28-23-18-19(2)25-20(3)26-23/h14-18H,4-13H2,1-3H3,(H,27,29)(H,25,26,28). The highest BCUT2D eigenvalue weighted by Crippen LogP contribution is 2.18. The van der Waals surface area contributed by atoms with Crippen molar-refractivity contribution in [1.29, 1.82) is 0 Å². The minimum absolute atomic E-state index is 0.0476. The molecule has 0 radical (unpaired) electrons. The number of nitrogens with zero attached hydrogens (tertiary/aromatic N) is 2. The fraction of sp³-hybridized carbons (Fsp3) is 0.542. The van der Waals surface area contributed by atoms with E-state index in [1.165, 1.54) is 57.1 Å². The SMILES string of the molecule is CCCCCCCCCCCC(=O)Nc1ccc(S(=O)(=O)Nc2cc(C)nc(C)n2)cc1. The van der Waals surface area contributed by atoms with Crippen molar-refractivity contribution in [3.63, 3.8) is 0 Å². The van der Waals surface area contributed by atoms with E-state index in [4.69, 9.17) is 0 Å². The molecule has 0 atom stereocenters. The molecule has 0 aliphatic carbocycles. The first-order valence-electron chi connectivity index (χ1n) is 11.5. The lowest BCUT2D eigenvalue weighted by Gasteiger charge is -2.10. The maximum atomic E-state index is 12.6. The molecule has 0 aliphatic heterocycles. The van der Waals surface area contributed by atoms with E-state index in [-0.39, 0.29) is 16.6 Å². The molecule has 176 valence electrons. The monoisotopic (exact) mass is 460 g/mol. The normalized spacial score (nSPS) is 11.3. The molecule has 1 aromatic carbocycles. The Hall–Kier alpha value is -2.48. The lowest BCUT2D eigenvalue weighted by atomic mass is 10.1. The van der Waals surface area contributed by atoms with Crippen molar-refractivity contribution in [2.24, 2.45) is 0 Å².